The highest BCUT2D eigenvalue weighted by atomic mass is 16.5. The molecule has 3 aromatic carbocycles. The quantitative estimate of drug-likeness (QED) is 0.372. The summed E-state index contributed by atoms with van der Waals surface area (Å²) in [5.41, 5.74) is 3.58. The molecule has 0 atom stereocenters. The van der Waals surface area contributed by atoms with Crippen molar-refractivity contribution in [3.63, 3.8) is 0 Å². The number of nitrogens with one attached hydrogen (secondary N) is 1. The number of fused-ring (bicyclic) bond motifs is 1. The fourth-order valence-electron chi connectivity index (χ4n) is 3.64. The molecule has 4 rings (SSSR count). The molecule has 0 saturated heterocycles. The molecule has 4 aromatic rings. The van der Waals surface area contributed by atoms with Crippen molar-refractivity contribution in [3.8, 4) is 22.8 Å². The van der Waals surface area contributed by atoms with Gasteiger partial charge in [-0.15, -0.1) is 0 Å². The topological polar surface area (TPSA) is 109 Å². The number of H-pyrrole nitrogens is 1. The van der Waals surface area contributed by atoms with Crippen LogP contribution in [-0.4, -0.2) is 34.2 Å². The van der Waals surface area contributed by atoms with E-state index in [4.69, 9.17) is 9.47 Å². The normalized spacial score (nSPS) is 10.8. The van der Waals surface area contributed by atoms with E-state index in [1.54, 1.807) is 18.2 Å². The van der Waals surface area contributed by atoms with E-state index in [0.29, 0.717) is 45.8 Å². The summed E-state index contributed by atoms with van der Waals surface area (Å²) in [7, 11) is 1.54. The first-order valence-corrected chi connectivity index (χ1v) is 9.91. The molecule has 0 radical (unpaired) electrons. The maximum absolute atomic E-state index is 11.5. The highest BCUT2D eigenvalue weighted by Gasteiger charge is 2.19. The molecule has 0 fully saturated rings. The van der Waals surface area contributed by atoms with Gasteiger partial charge >= 0.3 is 11.9 Å². The van der Waals surface area contributed by atoms with E-state index in [2.05, 4.69) is 4.98 Å². The number of hydrogen-bond donors (Lipinski definition) is 3. The lowest BCUT2D eigenvalue weighted by Crippen LogP contribution is -2.02. The van der Waals surface area contributed by atoms with E-state index in [1.165, 1.54) is 19.2 Å². The van der Waals surface area contributed by atoms with Crippen LogP contribution in [0.15, 0.2) is 66.7 Å². The second-order valence-electron chi connectivity index (χ2n) is 7.25. The Morgan fingerprint density at radius 2 is 1.72 bits per heavy atom. The molecule has 1 aromatic heterocycles. The van der Waals surface area contributed by atoms with E-state index in [9.17, 15) is 19.8 Å². The van der Waals surface area contributed by atoms with Crippen LogP contribution in [-0.2, 0) is 17.8 Å². The molecule has 0 aliphatic carbocycles. The molecule has 32 heavy (non-hydrogen) atoms. The number of ether oxygens (including phenoxy) is 2. The lowest BCUT2D eigenvalue weighted by molar-refractivity contribution is -0.136. The highest BCUT2D eigenvalue weighted by molar-refractivity contribution is 5.99. The maximum atomic E-state index is 11.5. The summed E-state index contributed by atoms with van der Waals surface area (Å²) < 4.78 is 11.4. The van der Waals surface area contributed by atoms with Crippen LogP contribution >= 0.6 is 0 Å². The molecule has 7 heteroatoms. The van der Waals surface area contributed by atoms with Crippen molar-refractivity contribution in [2.24, 2.45) is 0 Å². The Kier molecular flexibility index (Phi) is 5.81. The Hall–Kier alpha value is -4.26. The van der Waals surface area contributed by atoms with Crippen molar-refractivity contribution in [1.82, 2.24) is 4.98 Å². The Bertz CT molecular complexity index is 1290. The second kappa shape index (κ2) is 8.85. The lowest BCUT2D eigenvalue weighted by atomic mass is 10.0. The van der Waals surface area contributed by atoms with Gasteiger partial charge in [-0.3, -0.25) is 4.79 Å². The molecule has 0 spiro atoms. The molecular weight excluding hydrogens is 410 g/mol. The number of methoxy groups -OCH3 is 1. The number of carbonyl (C=O) groups is 2. The number of aromatic nitrogens is 1. The molecule has 1 heterocycles. The third-order valence-corrected chi connectivity index (χ3v) is 5.17. The number of aliphatic carboxylic acids is 1. The molecule has 0 saturated carbocycles. The summed E-state index contributed by atoms with van der Waals surface area (Å²) in [6.07, 6.45) is -0.257. The fraction of sp³-hybridized carbons (Fsp3) is 0.120. The standard InChI is InChI=1S/C25H21NO6/c1-31-22-12-16(8-10-21(22)32-14-15-5-3-2-4-6-15)24-19(13-23(27)28)18-11-17(25(29)30)7-9-20(18)26-24/h2-12,26H,13-14H2,1H3,(H,27,28)(H,29,30). The summed E-state index contributed by atoms with van der Waals surface area (Å²) in [4.78, 5) is 26.1. The van der Waals surface area contributed by atoms with Crippen molar-refractivity contribution >= 4 is 22.8 Å². The average molecular weight is 431 g/mol. The number of carboxylic acid groups (broad SMARTS) is 2. The number of rotatable bonds is 8. The van der Waals surface area contributed by atoms with Gasteiger partial charge in [-0.2, -0.15) is 0 Å². The predicted molar refractivity (Wildman–Crippen MR) is 119 cm³/mol. The monoisotopic (exact) mass is 431 g/mol. The first-order chi connectivity index (χ1) is 15.5. The number of hydrogen-bond acceptors (Lipinski definition) is 4. The summed E-state index contributed by atoms with van der Waals surface area (Å²) in [5, 5.41) is 19.3. The van der Waals surface area contributed by atoms with E-state index < -0.39 is 11.9 Å². The largest absolute Gasteiger partial charge is 0.493 e. The molecule has 162 valence electrons. The molecule has 0 aliphatic rings. The number of aromatic carboxylic acids is 1. The van der Waals surface area contributed by atoms with Gasteiger partial charge in [-0.05, 0) is 47.5 Å². The highest BCUT2D eigenvalue weighted by Crippen LogP contribution is 2.37. The van der Waals surface area contributed by atoms with Gasteiger partial charge in [0.05, 0.1) is 24.8 Å². The third kappa shape index (κ3) is 4.27. The molecule has 0 unspecified atom stereocenters. The molecular formula is C25H21NO6. The van der Waals surface area contributed by atoms with Gasteiger partial charge in [0.15, 0.2) is 11.5 Å². The first kappa shape index (κ1) is 21.0. The van der Waals surface area contributed by atoms with Crippen LogP contribution < -0.4 is 9.47 Å². The van der Waals surface area contributed by atoms with Crippen LogP contribution in [0, 0.1) is 0 Å². The van der Waals surface area contributed by atoms with Crippen molar-refractivity contribution in [1.29, 1.82) is 0 Å². The van der Waals surface area contributed by atoms with Crippen LogP contribution in [0.1, 0.15) is 21.5 Å². The molecule has 0 aliphatic heterocycles. The van der Waals surface area contributed by atoms with Crippen LogP contribution in [0.2, 0.25) is 0 Å². The number of carboxylic acids is 2. The SMILES string of the molecule is COc1cc(-c2[nH]c3ccc(C(=O)O)cc3c2CC(=O)O)ccc1OCc1ccccc1. The van der Waals surface area contributed by atoms with Crippen LogP contribution in [0.25, 0.3) is 22.2 Å². The van der Waals surface area contributed by atoms with Crippen molar-refractivity contribution in [3.05, 3.63) is 83.4 Å². The molecule has 0 bridgehead atoms. The minimum absolute atomic E-state index is 0.0944. The second-order valence-corrected chi connectivity index (χ2v) is 7.25. The minimum atomic E-state index is -1.07. The summed E-state index contributed by atoms with van der Waals surface area (Å²) in [6.45, 7) is 0.380. The Morgan fingerprint density at radius 1 is 0.938 bits per heavy atom. The third-order valence-electron chi connectivity index (χ3n) is 5.17. The molecule has 7 nitrogen and oxygen atoms in total. The van der Waals surface area contributed by atoms with E-state index >= 15 is 0 Å². The predicted octanol–water partition coefficient (Wildman–Crippen LogP) is 4.75. The van der Waals surface area contributed by atoms with E-state index in [0.717, 1.165) is 5.56 Å². The molecule has 0 amide bonds. The van der Waals surface area contributed by atoms with Gasteiger partial charge in [-0.25, -0.2) is 4.79 Å². The maximum Gasteiger partial charge on any atom is 0.335 e. The summed E-state index contributed by atoms with van der Waals surface area (Å²) in [6, 6.07) is 19.7. The van der Waals surface area contributed by atoms with Crippen LogP contribution in [0.4, 0.5) is 0 Å². The van der Waals surface area contributed by atoms with Crippen molar-refractivity contribution in [2.45, 2.75) is 13.0 Å². The van der Waals surface area contributed by atoms with E-state index in [-0.39, 0.29) is 12.0 Å². The zero-order valence-corrected chi connectivity index (χ0v) is 17.3. The van der Waals surface area contributed by atoms with Gasteiger partial charge in [0, 0.05) is 16.5 Å². The first-order valence-electron chi connectivity index (χ1n) is 9.91. The Balaban J connectivity index is 1.74. The zero-order chi connectivity index (χ0) is 22.7. The Morgan fingerprint density at radius 3 is 2.41 bits per heavy atom. The van der Waals surface area contributed by atoms with Crippen molar-refractivity contribution < 1.29 is 29.3 Å². The summed E-state index contributed by atoms with van der Waals surface area (Å²) in [5.74, 6) is -1.02. The van der Waals surface area contributed by atoms with Gasteiger partial charge < -0.3 is 24.7 Å². The van der Waals surface area contributed by atoms with Gasteiger partial charge in [0.2, 0.25) is 0 Å². The lowest BCUT2D eigenvalue weighted by Gasteiger charge is -2.13. The van der Waals surface area contributed by atoms with Crippen molar-refractivity contribution in [2.75, 3.05) is 7.11 Å². The fourth-order valence-corrected chi connectivity index (χ4v) is 3.64. The van der Waals surface area contributed by atoms with Crippen LogP contribution in [0.5, 0.6) is 11.5 Å². The number of benzene rings is 3. The zero-order valence-electron chi connectivity index (χ0n) is 17.3. The summed E-state index contributed by atoms with van der Waals surface area (Å²) >= 11 is 0. The minimum Gasteiger partial charge on any atom is -0.493 e. The van der Waals surface area contributed by atoms with Gasteiger partial charge in [0.1, 0.15) is 6.61 Å². The van der Waals surface area contributed by atoms with E-state index in [1.807, 2.05) is 36.4 Å². The molecule has 3 N–H and O–H groups in total. The van der Waals surface area contributed by atoms with Gasteiger partial charge in [-0.1, -0.05) is 30.3 Å². The Labute approximate surface area is 183 Å². The average Bonchev–Trinajstić information content (AvgIpc) is 3.15. The smallest absolute Gasteiger partial charge is 0.335 e. The van der Waals surface area contributed by atoms with Crippen LogP contribution in [0.3, 0.4) is 0 Å². The van der Waals surface area contributed by atoms with Gasteiger partial charge in [0.25, 0.3) is 0 Å². The number of aromatic amines is 1.